The highest BCUT2D eigenvalue weighted by Crippen LogP contribution is 2.34. The molecule has 2 rings (SSSR count). The molecular weight excluding hydrogens is 188 g/mol. The van der Waals surface area contributed by atoms with Crippen molar-refractivity contribution in [1.29, 1.82) is 0 Å². The van der Waals surface area contributed by atoms with E-state index in [1.807, 2.05) is 13.8 Å². The van der Waals surface area contributed by atoms with Crippen LogP contribution in [0.3, 0.4) is 0 Å². The molecule has 5 nitrogen and oxygen atoms in total. The molecule has 2 fully saturated rings. The third-order valence-corrected chi connectivity index (χ3v) is 2.77. The molecule has 0 radical (unpaired) electrons. The molecule has 0 aromatic heterocycles. The van der Waals surface area contributed by atoms with Gasteiger partial charge in [0.25, 0.3) is 0 Å². The number of hydrogen-bond donors (Lipinski definition) is 2. The first-order valence-corrected chi connectivity index (χ1v) is 4.74. The zero-order chi connectivity index (χ0) is 10.5. The number of aliphatic hydroxyl groups excluding tert-OH is 2. The van der Waals surface area contributed by atoms with Gasteiger partial charge in [0.05, 0.1) is 6.10 Å². The van der Waals surface area contributed by atoms with Crippen LogP contribution in [-0.2, 0) is 14.3 Å². The molecule has 5 heteroatoms. The van der Waals surface area contributed by atoms with Gasteiger partial charge in [-0.2, -0.15) is 0 Å². The van der Waals surface area contributed by atoms with E-state index in [-0.39, 0.29) is 12.0 Å². The molecule has 2 saturated heterocycles. The molecule has 2 aliphatic heterocycles. The van der Waals surface area contributed by atoms with Crippen molar-refractivity contribution in [1.82, 2.24) is 0 Å². The second-order valence-electron chi connectivity index (χ2n) is 4.15. The van der Waals surface area contributed by atoms with E-state index in [1.165, 1.54) is 0 Å². The number of carbonyl (C=O) groups excluding carboxylic acids is 1. The van der Waals surface area contributed by atoms with Crippen LogP contribution in [0, 0.1) is 5.92 Å². The molecule has 5 atom stereocenters. The zero-order valence-corrected chi connectivity index (χ0v) is 8.08. The van der Waals surface area contributed by atoms with Gasteiger partial charge in [0, 0.05) is 0 Å². The fraction of sp³-hybridized carbons (Fsp3) is 0.889. The van der Waals surface area contributed by atoms with Gasteiger partial charge in [-0.25, -0.2) is 4.79 Å². The van der Waals surface area contributed by atoms with Crippen LogP contribution in [0.25, 0.3) is 0 Å². The first-order chi connectivity index (χ1) is 6.52. The number of carbonyl (C=O) groups is 1. The van der Waals surface area contributed by atoms with Crippen molar-refractivity contribution in [3.8, 4) is 0 Å². The summed E-state index contributed by atoms with van der Waals surface area (Å²) in [5.41, 5.74) is 0. The van der Waals surface area contributed by atoms with E-state index in [9.17, 15) is 15.0 Å². The van der Waals surface area contributed by atoms with Crippen molar-refractivity contribution in [2.24, 2.45) is 5.92 Å². The number of esters is 1. The lowest BCUT2D eigenvalue weighted by molar-refractivity contribution is -0.154. The van der Waals surface area contributed by atoms with Crippen LogP contribution in [0.5, 0.6) is 0 Å². The number of ether oxygens (including phenoxy) is 2. The first kappa shape index (κ1) is 9.89. The van der Waals surface area contributed by atoms with Gasteiger partial charge in [-0.15, -0.1) is 0 Å². The van der Waals surface area contributed by atoms with E-state index >= 15 is 0 Å². The highest BCUT2D eigenvalue weighted by atomic mass is 16.6. The van der Waals surface area contributed by atoms with Crippen molar-refractivity contribution >= 4 is 5.97 Å². The van der Waals surface area contributed by atoms with Gasteiger partial charge in [0.1, 0.15) is 12.2 Å². The second kappa shape index (κ2) is 3.18. The number of rotatable bonds is 1. The fourth-order valence-corrected chi connectivity index (χ4v) is 2.00. The Morgan fingerprint density at radius 2 is 1.93 bits per heavy atom. The van der Waals surface area contributed by atoms with Crippen LogP contribution in [0.2, 0.25) is 0 Å². The minimum Gasteiger partial charge on any atom is -0.455 e. The molecule has 0 aliphatic carbocycles. The van der Waals surface area contributed by atoms with Crippen LogP contribution in [0.1, 0.15) is 13.8 Å². The average Bonchev–Trinajstić information content (AvgIpc) is 2.56. The molecule has 2 heterocycles. The van der Waals surface area contributed by atoms with E-state index in [0.29, 0.717) is 0 Å². The summed E-state index contributed by atoms with van der Waals surface area (Å²) in [5, 5.41) is 19.1. The molecule has 80 valence electrons. The maximum Gasteiger partial charge on any atom is 0.338 e. The van der Waals surface area contributed by atoms with Crippen LogP contribution >= 0.6 is 0 Å². The van der Waals surface area contributed by atoms with Gasteiger partial charge < -0.3 is 19.7 Å². The molecule has 2 N–H and O–H groups in total. The second-order valence-corrected chi connectivity index (χ2v) is 4.15. The predicted molar refractivity (Wildman–Crippen MR) is 45.4 cm³/mol. The van der Waals surface area contributed by atoms with Crippen molar-refractivity contribution < 1.29 is 24.5 Å². The van der Waals surface area contributed by atoms with E-state index in [4.69, 9.17) is 9.47 Å². The summed E-state index contributed by atoms with van der Waals surface area (Å²) in [4.78, 5) is 10.9. The molecule has 14 heavy (non-hydrogen) atoms. The molecule has 2 aliphatic rings. The monoisotopic (exact) mass is 202 g/mol. The quantitative estimate of drug-likeness (QED) is 0.536. The Morgan fingerprint density at radius 1 is 1.29 bits per heavy atom. The van der Waals surface area contributed by atoms with Crippen LogP contribution in [0.15, 0.2) is 0 Å². The molecule has 0 bridgehead atoms. The topological polar surface area (TPSA) is 76.0 Å². The van der Waals surface area contributed by atoms with Gasteiger partial charge >= 0.3 is 5.97 Å². The maximum atomic E-state index is 10.9. The molecular formula is C9H14O5. The third kappa shape index (κ3) is 1.24. The molecule has 0 amide bonds. The summed E-state index contributed by atoms with van der Waals surface area (Å²) in [6.07, 6.45) is -3.86. The highest BCUT2D eigenvalue weighted by molar-refractivity contribution is 5.78. The van der Waals surface area contributed by atoms with Gasteiger partial charge in [0.15, 0.2) is 12.2 Å². The lowest BCUT2D eigenvalue weighted by Crippen LogP contribution is -2.34. The first-order valence-electron chi connectivity index (χ1n) is 4.74. The minimum atomic E-state index is -1.25. The van der Waals surface area contributed by atoms with Crippen molar-refractivity contribution in [2.75, 3.05) is 0 Å². The Kier molecular flexibility index (Phi) is 2.25. The van der Waals surface area contributed by atoms with Gasteiger partial charge in [-0.05, 0) is 5.92 Å². The largest absolute Gasteiger partial charge is 0.455 e. The van der Waals surface area contributed by atoms with Crippen molar-refractivity contribution in [3.63, 3.8) is 0 Å². The Labute approximate surface area is 81.6 Å². The minimum absolute atomic E-state index is 0.126. The summed E-state index contributed by atoms with van der Waals surface area (Å²) < 4.78 is 10.2. The number of hydrogen-bond acceptors (Lipinski definition) is 5. The average molecular weight is 202 g/mol. The smallest absolute Gasteiger partial charge is 0.338 e. The highest BCUT2D eigenvalue weighted by Gasteiger charge is 2.56. The summed E-state index contributed by atoms with van der Waals surface area (Å²) >= 11 is 0. The van der Waals surface area contributed by atoms with E-state index in [0.717, 1.165) is 0 Å². The third-order valence-electron chi connectivity index (χ3n) is 2.77. The van der Waals surface area contributed by atoms with Gasteiger partial charge in [0.2, 0.25) is 0 Å². The SMILES string of the molecule is CC(C)C1OC2C(O)C(=O)OC2C1O. The lowest BCUT2D eigenvalue weighted by Gasteiger charge is -2.20. The van der Waals surface area contributed by atoms with E-state index < -0.39 is 30.4 Å². The van der Waals surface area contributed by atoms with Crippen LogP contribution in [0.4, 0.5) is 0 Å². The van der Waals surface area contributed by atoms with E-state index in [1.54, 1.807) is 0 Å². The summed E-state index contributed by atoms with van der Waals surface area (Å²) in [6, 6.07) is 0. The lowest BCUT2D eigenvalue weighted by atomic mass is 9.99. The standard InChI is InChI=1S/C9H14O5/c1-3(2)6-4(10)7-8(13-6)5(11)9(12)14-7/h3-8,10-11H,1-2H3. The molecule has 0 spiro atoms. The van der Waals surface area contributed by atoms with Crippen LogP contribution < -0.4 is 0 Å². The number of fused-ring (bicyclic) bond motifs is 1. The summed E-state index contributed by atoms with van der Waals surface area (Å²) in [6.45, 7) is 3.81. The summed E-state index contributed by atoms with van der Waals surface area (Å²) in [7, 11) is 0. The summed E-state index contributed by atoms with van der Waals surface area (Å²) in [5.74, 6) is -0.581. The van der Waals surface area contributed by atoms with Gasteiger partial charge in [-0.3, -0.25) is 0 Å². The van der Waals surface area contributed by atoms with Crippen LogP contribution in [-0.4, -0.2) is 46.7 Å². The number of aliphatic hydroxyl groups is 2. The van der Waals surface area contributed by atoms with Gasteiger partial charge in [-0.1, -0.05) is 13.8 Å². The zero-order valence-electron chi connectivity index (χ0n) is 8.08. The molecule has 5 unspecified atom stereocenters. The molecule has 0 aromatic rings. The Morgan fingerprint density at radius 3 is 2.43 bits per heavy atom. The van der Waals surface area contributed by atoms with Crippen molar-refractivity contribution in [2.45, 2.75) is 44.4 Å². The molecule has 0 saturated carbocycles. The maximum absolute atomic E-state index is 10.9. The normalized spacial score (nSPS) is 46.9. The van der Waals surface area contributed by atoms with Crippen molar-refractivity contribution in [3.05, 3.63) is 0 Å². The Balaban J connectivity index is 2.15. The van der Waals surface area contributed by atoms with E-state index in [2.05, 4.69) is 0 Å². The predicted octanol–water partition coefficient (Wildman–Crippen LogP) is -0.943. The molecule has 0 aromatic carbocycles. The fourth-order valence-electron chi connectivity index (χ4n) is 2.00. The Bertz CT molecular complexity index is 252. The Hall–Kier alpha value is -0.650.